The fraction of sp³-hybridized carbons (Fsp3) is 0.235. The van der Waals surface area contributed by atoms with E-state index in [0.717, 1.165) is 6.07 Å². The lowest BCUT2D eigenvalue weighted by Gasteiger charge is -2.34. The molecule has 1 saturated heterocycles. The van der Waals surface area contributed by atoms with Crippen molar-refractivity contribution in [2.24, 2.45) is 0 Å². The van der Waals surface area contributed by atoms with E-state index in [2.05, 4.69) is 0 Å². The van der Waals surface area contributed by atoms with E-state index in [1.807, 2.05) is 0 Å². The Morgan fingerprint density at radius 2 is 1.67 bits per heavy atom. The largest absolute Gasteiger partial charge is 0.393 e. The van der Waals surface area contributed by atoms with Crippen LogP contribution in [0, 0.1) is 10.1 Å². The van der Waals surface area contributed by atoms with E-state index in [1.54, 1.807) is 18.2 Å². The SMILES string of the molecule is Nc1ccc(C(=O)N2CCN(S(=O)(=O)c3ccccc3)CC2)cc1[N+](=O)[O-]. The highest BCUT2D eigenvalue weighted by Gasteiger charge is 2.30. The first-order valence-corrected chi connectivity index (χ1v) is 9.63. The third-order valence-corrected chi connectivity index (χ3v) is 6.29. The molecule has 0 aromatic heterocycles. The molecule has 9 nitrogen and oxygen atoms in total. The summed E-state index contributed by atoms with van der Waals surface area (Å²) in [7, 11) is -3.61. The zero-order valence-corrected chi connectivity index (χ0v) is 15.1. The quantitative estimate of drug-likeness (QED) is 0.477. The van der Waals surface area contributed by atoms with E-state index in [9.17, 15) is 23.3 Å². The summed E-state index contributed by atoms with van der Waals surface area (Å²) in [5.41, 5.74) is 5.35. The highest BCUT2D eigenvalue weighted by atomic mass is 32.2. The summed E-state index contributed by atoms with van der Waals surface area (Å²) in [5.74, 6) is -0.394. The van der Waals surface area contributed by atoms with Crippen LogP contribution in [0.3, 0.4) is 0 Å². The monoisotopic (exact) mass is 390 g/mol. The molecule has 1 amide bonds. The number of piperazine rings is 1. The normalized spacial score (nSPS) is 15.5. The van der Waals surface area contributed by atoms with Gasteiger partial charge in [-0.1, -0.05) is 18.2 Å². The first-order valence-electron chi connectivity index (χ1n) is 8.19. The molecule has 2 aromatic rings. The molecule has 1 aliphatic rings. The fourth-order valence-electron chi connectivity index (χ4n) is 2.89. The fourth-order valence-corrected chi connectivity index (χ4v) is 4.33. The van der Waals surface area contributed by atoms with Crippen molar-refractivity contribution in [2.45, 2.75) is 4.90 Å². The first kappa shape index (κ1) is 18.8. The third-order valence-electron chi connectivity index (χ3n) is 4.38. The summed E-state index contributed by atoms with van der Waals surface area (Å²) >= 11 is 0. The molecule has 0 bridgehead atoms. The number of nitro benzene ring substituents is 1. The van der Waals surface area contributed by atoms with Crippen LogP contribution in [0.25, 0.3) is 0 Å². The number of nitrogens with zero attached hydrogens (tertiary/aromatic N) is 3. The van der Waals surface area contributed by atoms with Crippen LogP contribution in [0.5, 0.6) is 0 Å². The molecular formula is C17H18N4O5S. The standard InChI is InChI=1S/C17H18N4O5S/c18-15-7-6-13(12-16(15)21(23)24)17(22)19-8-10-20(11-9-19)27(25,26)14-4-2-1-3-5-14/h1-7,12H,8-11,18H2. The Balaban J connectivity index is 1.72. The smallest absolute Gasteiger partial charge is 0.292 e. The molecule has 0 spiro atoms. The number of benzene rings is 2. The minimum Gasteiger partial charge on any atom is -0.393 e. The number of nitrogens with two attached hydrogens (primary N) is 1. The molecule has 0 atom stereocenters. The van der Waals surface area contributed by atoms with Gasteiger partial charge in [0.25, 0.3) is 11.6 Å². The lowest BCUT2D eigenvalue weighted by molar-refractivity contribution is -0.383. The molecule has 3 rings (SSSR count). The molecule has 0 aliphatic carbocycles. The van der Waals surface area contributed by atoms with E-state index in [1.165, 1.54) is 33.5 Å². The van der Waals surface area contributed by atoms with Gasteiger partial charge in [-0.3, -0.25) is 14.9 Å². The summed E-state index contributed by atoms with van der Waals surface area (Å²) in [6, 6.07) is 12.0. The van der Waals surface area contributed by atoms with Gasteiger partial charge in [0.1, 0.15) is 5.69 Å². The number of nitrogen functional groups attached to an aromatic ring is 1. The van der Waals surface area contributed by atoms with Gasteiger partial charge >= 0.3 is 0 Å². The van der Waals surface area contributed by atoms with Gasteiger partial charge in [-0.05, 0) is 24.3 Å². The van der Waals surface area contributed by atoms with Crippen molar-refractivity contribution >= 4 is 27.3 Å². The van der Waals surface area contributed by atoms with Crippen LogP contribution < -0.4 is 5.73 Å². The topological polar surface area (TPSA) is 127 Å². The number of hydrogen-bond acceptors (Lipinski definition) is 6. The molecule has 0 unspecified atom stereocenters. The maximum atomic E-state index is 12.6. The summed E-state index contributed by atoms with van der Waals surface area (Å²) in [6.07, 6.45) is 0. The lowest BCUT2D eigenvalue weighted by Crippen LogP contribution is -2.50. The van der Waals surface area contributed by atoms with E-state index in [4.69, 9.17) is 5.73 Å². The molecular weight excluding hydrogens is 372 g/mol. The van der Waals surface area contributed by atoms with Crippen molar-refractivity contribution in [3.8, 4) is 0 Å². The molecule has 27 heavy (non-hydrogen) atoms. The molecule has 2 aromatic carbocycles. The van der Waals surface area contributed by atoms with Crippen LogP contribution >= 0.6 is 0 Å². The summed E-state index contributed by atoms with van der Waals surface area (Å²) in [5, 5.41) is 11.0. The molecule has 1 aliphatic heterocycles. The molecule has 10 heteroatoms. The number of carbonyl (C=O) groups excluding carboxylic acids is 1. The minimum atomic E-state index is -3.61. The van der Waals surface area contributed by atoms with E-state index in [0.29, 0.717) is 0 Å². The third kappa shape index (κ3) is 3.76. The Bertz CT molecular complexity index is 970. The Kier molecular flexibility index (Phi) is 5.10. The maximum absolute atomic E-state index is 12.6. The zero-order chi connectivity index (χ0) is 19.6. The highest BCUT2D eigenvalue weighted by molar-refractivity contribution is 7.89. The number of hydrogen-bond donors (Lipinski definition) is 1. The van der Waals surface area contributed by atoms with Crippen molar-refractivity contribution in [1.82, 2.24) is 9.21 Å². The van der Waals surface area contributed by atoms with Crippen LogP contribution in [0.4, 0.5) is 11.4 Å². The van der Waals surface area contributed by atoms with Gasteiger partial charge < -0.3 is 10.6 Å². The second-order valence-electron chi connectivity index (χ2n) is 6.04. The molecule has 0 radical (unpaired) electrons. The zero-order valence-electron chi connectivity index (χ0n) is 14.3. The molecule has 1 fully saturated rings. The minimum absolute atomic E-state index is 0.0182. The summed E-state index contributed by atoms with van der Waals surface area (Å²) in [4.78, 5) is 24.6. The van der Waals surface area contributed by atoms with Crippen molar-refractivity contribution in [2.75, 3.05) is 31.9 Å². The van der Waals surface area contributed by atoms with E-state index in [-0.39, 0.29) is 48.0 Å². The van der Waals surface area contributed by atoms with Crippen molar-refractivity contribution in [3.63, 3.8) is 0 Å². The van der Waals surface area contributed by atoms with Crippen LogP contribution in [-0.4, -0.2) is 54.6 Å². The number of sulfonamides is 1. The Labute approximate surface area is 156 Å². The van der Waals surface area contributed by atoms with Gasteiger partial charge in [-0.2, -0.15) is 4.31 Å². The van der Waals surface area contributed by atoms with Crippen LogP contribution in [-0.2, 0) is 10.0 Å². The van der Waals surface area contributed by atoms with Gasteiger partial charge in [-0.15, -0.1) is 0 Å². The Morgan fingerprint density at radius 3 is 2.26 bits per heavy atom. The molecule has 1 heterocycles. The van der Waals surface area contributed by atoms with Crippen molar-refractivity contribution < 1.29 is 18.1 Å². The average Bonchev–Trinajstić information content (AvgIpc) is 2.68. The number of nitro groups is 1. The van der Waals surface area contributed by atoms with Crippen LogP contribution in [0.1, 0.15) is 10.4 Å². The molecule has 142 valence electrons. The number of carbonyl (C=O) groups is 1. The van der Waals surface area contributed by atoms with Gasteiger partial charge in [0.05, 0.1) is 9.82 Å². The van der Waals surface area contributed by atoms with Gasteiger partial charge in [0.2, 0.25) is 10.0 Å². The Morgan fingerprint density at radius 1 is 1.04 bits per heavy atom. The highest BCUT2D eigenvalue weighted by Crippen LogP contribution is 2.24. The Hall–Kier alpha value is -2.98. The lowest BCUT2D eigenvalue weighted by atomic mass is 10.1. The van der Waals surface area contributed by atoms with Gasteiger partial charge in [0, 0.05) is 37.8 Å². The number of amides is 1. The van der Waals surface area contributed by atoms with E-state index < -0.39 is 20.9 Å². The number of rotatable bonds is 4. The predicted molar refractivity (Wildman–Crippen MR) is 98.6 cm³/mol. The first-order chi connectivity index (χ1) is 12.8. The van der Waals surface area contributed by atoms with Crippen molar-refractivity contribution in [1.29, 1.82) is 0 Å². The van der Waals surface area contributed by atoms with Crippen LogP contribution in [0.15, 0.2) is 53.4 Å². The summed E-state index contributed by atoms with van der Waals surface area (Å²) in [6.45, 7) is 0.701. The van der Waals surface area contributed by atoms with Gasteiger partial charge in [0.15, 0.2) is 0 Å². The molecule has 2 N–H and O–H groups in total. The predicted octanol–water partition coefficient (Wildman–Crippen LogP) is 1.32. The second kappa shape index (κ2) is 7.33. The van der Waals surface area contributed by atoms with E-state index >= 15 is 0 Å². The van der Waals surface area contributed by atoms with Crippen molar-refractivity contribution in [3.05, 3.63) is 64.2 Å². The van der Waals surface area contributed by atoms with Gasteiger partial charge in [-0.25, -0.2) is 8.42 Å². The average molecular weight is 390 g/mol. The summed E-state index contributed by atoms with van der Waals surface area (Å²) < 4.78 is 26.6. The maximum Gasteiger partial charge on any atom is 0.292 e. The number of anilines is 1. The second-order valence-corrected chi connectivity index (χ2v) is 7.98. The van der Waals surface area contributed by atoms with Crippen LogP contribution in [0.2, 0.25) is 0 Å². The molecule has 0 saturated carbocycles.